The topological polar surface area (TPSA) is 86.5 Å². The van der Waals surface area contributed by atoms with E-state index in [1.54, 1.807) is 0 Å². The number of thiophene rings is 1. The summed E-state index contributed by atoms with van der Waals surface area (Å²) in [5.41, 5.74) is 7.16. The summed E-state index contributed by atoms with van der Waals surface area (Å²) in [7, 11) is 0. The molecule has 0 spiro atoms. The number of nitrogen functional groups attached to an aromatic ring is 1. The number of aromatic nitrogens is 1. The van der Waals surface area contributed by atoms with Crippen LogP contribution in [-0.4, -0.2) is 4.98 Å². The van der Waals surface area contributed by atoms with E-state index in [1.807, 2.05) is 47.8 Å². The van der Waals surface area contributed by atoms with Crippen LogP contribution in [0.15, 0.2) is 57.8 Å². The van der Waals surface area contributed by atoms with Crippen molar-refractivity contribution in [3.63, 3.8) is 0 Å². The number of pyridine rings is 1. The highest BCUT2D eigenvalue weighted by molar-refractivity contribution is 7.99. The molecule has 0 aliphatic heterocycles. The fraction of sp³-hybridized carbons (Fsp3) is 0. The number of nitrogens with two attached hydrogens (primary N) is 1. The van der Waals surface area contributed by atoms with Crippen LogP contribution in [0.5, 0.6) is 0 Å². The summed E-state index contributed by atoms with van der Waals surface area (Å²) in [4.78, 5) is 6.07. The minimum atomic E-state index is 0.147. The van der Waals surface area contributed by atoms with Crippen molar-refractivity contribution in [3.05, 3.63) is 59.0 Å². The van der Waals surface area contributed by atoms with Gasteiger partial charge in [-0.2, -0.15) is 10.5 Å². The molecule has 0 radical (unpaired) electrons. The average Bonchev–Trinajstić information content (AvgIpc) is 3.09. The summed E-state index contributed by atoms with van der Waals surface area (Å²) >= 11 is 2.83. The summed E-state index contributed by atoms with van der Waals surface area (Å²) in [5.74, 6) is 0.147. The zero-order valence-electron chi connectivity index (χ0n) is 11.9. The van der Waals surface area contributed by atoms with Crippen LogP contribution in [0.2, 0.25) is 0 Å². The molecule has 0 bridgehead atoms. The Kier molecular flexibility index (Phi) is 4.29. The molecule has 2 N–H and O–H groups in total. The largest absolute Gasteiger partial charge is 0.383 e. The van der Waals surface area contributed by atoms with Gasteiger partial charge in [-0.1, -0.05) is 36.0 Å². The van der Waals surface area contributed by atoms with Crippen LogP contribution in [-0.2, 0) is 0 Å². The van der Waals surface area contributed by atoms with E-state index in [2.05, 4.69) is 17.1 Å². The number of nitrogens with zero attached hydrogens (tertiary/aromatic N) is 3. The standard InChI is InChI=1S/C17H10N4S2/c18-9-12-15(14-7-4-8-22-14)13(10-19)17(21-16(12)20)23-11-5-2-1-3-6-11/h1-8H,(H2,20,21). The number of hydrogen-bond acceptors (Lipinski definition) is 6. The van der Waals surface area contributed by atoms with Crippen molar-refractivity contribution in [1.82, 2.24) is 4.98 Å². The lowest BCUT2D eigenvalue weighted by molar-refractivity contribution is 1.11. The first kappa shape index (κ1) is 15.1. The summed E-state index contributed by atoms with van der Waals surface area (Å²) in [6.07, 6.45) is 0. The summed E-state index contributed by atoms with van der Waals surface area (Å²) < 4.78 is 0. The molecule has 1 aromatic carbocycles. The van der Waals surface area contributed by atoms with Gasteiger partial charge in [-0.15, -0.1) is 11.3 Å². The highest BCUT2D eigenvalue weighted by atomic mass is 32.2. The molecule has 2 heterocycles. The molecule has 6 heteroatoms. The van der Waals surface area contributed by atoms with Gasteiger partial charge in [-0.25, -0.2) is 4.98 Å². The summed E-state index contributed by atoms with van der Waals surface area (Å²) in [6.45, 7) is 0. The number of benzene rings is 1. The zero-order valence-corrected chi connectivity index (χ0v) is 13.5. The first-order valence-corrected chi connectivity index (χ1v) is 8.34. The maximum absolute atomic E-state index is 9.64. The van der Waals surface area contributed by atoms with E-state index < -0.39 is 0 Å². The molecule has 3 aromatic rings. The summed E-state index contributed by atoms with van der Waals surface area (Å²) in [6, 6.07) is 17.7. The van der Waals surface area contributed by atoms with Crippen LogP contribution in [0, 0.1) is 22.7 Å². The van der Waals surface area contributed by atoms with Gasteiger partial charge in [0.05, 0.1) is 5.56 Å². The molecule has 0 atom stereocenters. The van der Waals surface area contributed by atoms with Gasteiger partial charge >= 0.3 is 0 Å². The number of hydrogen-bond donors (Lipinski definition) is 1. The second kappa shape index (κ2) is 6.53. The van der Waals surface area contributed by atoms with Crippen LogP contribution < -0.4 is 5.73 Å². The molecule has 0 saturated heterocycles. The van der Waals surface area contributed by atoms with E-state index in [4.69, 9.17) is 5.73 Å². The summed E-state index contributed by atoms with van der Waals surface area (Å²) in [5, 5.41) is 21.5. The first-order chi connectivity index (χ1) is 11.2. The third-order valence-corrected chi connectivity index (χ3v) is 5.02. The monoisotopic (exact) mass is 334 g/mol. The molecular weight excluding hydrogens is 324 g/mol. The van der Waals surface area contributed by atoms with Crippen molar-refractivity contribution in [2.45, 2.75) is 9.92 Å². The van der Waals surface area contributed by atoms with Crippen molar-refractivity contribution in [1.29, 1.82) is 10.5 Å². The average molecular weight is 334 g/mol. The Balaban J connectivity index is 2.23. The fourth-order valence-corrected chi connectivity index (χ4v) is 3.83. The van der Waals surface area contributed by atoms with Gasteiger partial charge in [-0.3, -0.25) is 0 Å². The lowest BCUT2D eigenvalue weighted by atomic mass is 10.0. The third-order valence-electron chi connectivity index (χ3n) is 3.14. The maximum Gasteiger partial charge on any atom is 0.143 e. The van der Waals surface area contributed by atoms with Crippen molar-refractivity contribution in [3.8, 4) is 22.6 Å². The van der Waals surface area contributed by atoms with Crippen LogP contribution in [0.4, 0.5) is 5.82 Å². The Hall–Kier alpha value is -2.80. The smallest absolute Gasteiger partial charge is 0.143 e. The molecule has 110 valence electrons. The molecule has 0 aliphatic rings. The van der Waals surface area contributed by atoms with E-state index in [9.17, 15) is 10.5 Å². The van der Waals surface area contributed by atoms with E-state index in [0.29, 0.717) is 16.2 Å². The predicted octanol–water partition coefficient (Wildman–Crippen LogP) is 4.29. The van der Waals surface area contributed by atoms with Gasteiger partial charge in [0.2, 0.25) is 0 Å². The van der Waals surface area contributed by atoms with Gasteiger partial charge in [0.1, 0.15) is 28.5 Å². The third kappa shape index (κ3) is 2.91. The molecule has 0 aliphatic carbocycles. The minimum Gasteiger partial charge on any atom is -0.383 e. The van der Waals surface area contributed by atoms with Crippen LogP contribution in [0.1, 0.15) is 11.1 Å². The molecule has 23 heavy (non-hydrogen) atoms. The Morgan fingerprint density at radius 3 is 2.35 bits per heavy atom. The van der Waals surface area contributed by atoms with Crippen molar-refractivity contribution in [2.24, 2.45) is 0 Å². The molecule has 0 unspecified atom stereocenters. The van der Waals surface area contributed by atoms with Gasteiger partial charge in [-0.05, 0) is 23.6 Å². The van der Waals surface area contributed by atoms with Gasteiger partial charge in [0, 0.05) is 15.3 Å². The maximum atomic E-state index is 9.64. The SMILES string of the molecule is N#Cc1c(N)nc(Sc2ccccc2)c(C#N)c1-c1cccs1. The van der Waals surface area contributed by atoms with E-state index in [0.717, 1.165) is 9.77 Å². The Morgan fingerprint density at radius 2 is 1.74 bits per heavy atom. The fourth-order valence-electron chi connectivity index (χ4n) is 2.14. The highest BCUT2D eigenvalue weighted by Crippen LogP contribution is 2.39. The quantitative estimate of drug-likeness (QED) is 0.772. The Morgan fingerprint density at radius 1 is 1.00 bits per heavy atom. The molecule has 2 aromatic heterocycles. The molecular formula is C17H10N4S2. The molecule has 3 rings (SSSR count). The van der Waals surface area contributed by atoms with Crippen LogP contribution in [0.25, 0.3) is 10.4 Å². The predicted molar refractivity (Wildman–Crippen MR) is 92.0 cm³/mol. The van der Waals surface area contributed by atoms with Crippen molar-refractivity contribution >= 4 is 28.9 Å². The second-order valence-electron chi connectivity index (χ2n) is 4.54. The van der Waals surface area contributed by atoms with E-state index in [-0.39, 0.29) is 11.4 Å². The lowest BCUT2D eigenvalue weighted by Crippen LogP contribution is -2.02. The molecule has 0 saturated carbocycles. The first-order valence-electron chi connectivity index (χ1n) is 6.65. The minimum absolute atomic E-state index is 0.147. The van der Waals surface area contributed by atoms with Crippen molar-refractivity contribution in [2.75, 3.05) is 5.73 Å². The molecule has 0 fully saturated rings. The Bertz CT molecular complexity index is 920. The normalized spacial score (nSPS) is 10.0. The lowest BCUT2D eigenvalue weighted by Gasteiger charge is -2.11. The van der Waals surface area contributed by atoms with Crippen LogP contribution >= 0.6 is 23.1 Å². The van der Waals surface area contributed by atoms with Gasteiger partial charge in [0.15, 0.2) is 0 Å². The Labute approximate surface area is 141 Å². The molecule has 4 nitrogen and oxygen atoms in total. The van der Waals surface area contributed by atoms with Gasteiger partial charge < -0.3 is 5.73 Å². The van der Waals surface area contributed by atoms with Crippen LogP contribution in [0.3, 0.4) is 0 Å². The molecule has 0 amide bonds. The number of rotatable bonds is 3. The van der Waals surface area contributed by atoms with Gasteiger partial charge in [0.25, 0.3) is 0 Å². The number of anilines is 1. The van der Waals surface area contributed by atoms with E-state index >= 15 is 0 Å². The van der Waals surface area contributed by atoms with E-state index in [1.165, 1.54) is 23.1 Å². The van der Waals surface area contributed by atoms with Crippen molar-refractivity contribution < 1.29 is 0 Å². The highest BCUT2D eigenvalue weighted by Gasteiger charge is 2.21. The zero-order chi connectivity index (χ0) is 16.2. The number of nitriles is 2. The second-order valence-corrected chi connectivity index (χ2v) is 6.55.